The second-order valence-corrected chi connectivity index (χ2v) is 8.39. The third kappa shape index (κ3) is 3.30. The molecule has 2 saturated heterocycles. The van der Waals surface area contributed by atoms with Gasteiger partial charge in [0.1, 0.15) is 5.69 Å². The van der Waals surface area contributed by atoms with Crippen molar-refractivity contribution in [3.63, 3.8) is 0 Å². The fourth-order valence-electron chi connectivity index (χ4n) is 3.55. The summed E-state index contributed by atoms with van der Waals surface area (Å²) in [4.78, 5) is 18.9. The molecular weight excluding hydrogens is 336 g/mol. The molecule has 0 radical (unpaired) electrons. The third-order valence-electron chi connectivity index (χ3n) is 4.87. The van der Waals surface area contributed by atoms with Crippen LogP contribution in [0.3, 0.4) is 0 Å². The number of ether oxygens (including phenoxy) is 1. The van der Waals surface area contributed by atoms with Crippen LogP contribution in [0.5, 0.6) is 0 Å². The van der Waals surface area contributed by atoms with Crippen molar-refractivity contribution in [2.45, 2.75) is 30.8 Å². The molecule has 2 fully saturated rings. The quantitative estimate of drug-likeness (QED) is 0.837. The van der Waals surface area contributed by atoms with Gasteiger partial charge in [-0.1, -0.05) is 6.07 Å². The van der Waals surface area contributed by atoms with E-state index in [1.54, 1.807) is 24.0 Å². The molecular formula is C18H22N4O2S. The Morgan fingerprint density at radius 3 is 2.96 bits per heavy atom. The highest BCUT2D eigenvalue weighted by Gasteiger charge is 2.51. The second kappa shape index (κ2) is 6.46. The number of nitrogens with zero attached hydrogens (tertiary/aromatic N) is 4. The van der Waals surface area contributed by atoms with Crippen molar-refractivity contribution in [1.82, 2.24) is 19.7 Å². The number of aryl methyl sites for hydroxylation is 2. The minimum absolute atomic E-state index is 0.0690. The number of likely N-dealkylation sites (tertiary alicyclic amines) is 1. The molecule has 0 aromatic carbocycles. The van der Waals surface area contributed by atoms with Crippen molar-refractivity contribution < 1.29 is 9.53 Å². The van der Waals surface area contributed by atoms with E-state index in [0.717, 1.165) is 36.7 Å². The van der Waals surface area contributed by atoms with Gasteiger partial charge in [0.15, 0.2) is 0 Å². The SMILES string of the molecule is Cc1cccc(CO[C@@H]2CSC3(C2)CN(C(=O)c2ccnn2C)C3)n1. The first-order chi connectivity index (χ1) is 12.0. The van der Waals surface area contributed by atoms with Crippen LogP contribution < -0.4 is 0 Å². The number of carbonyl (C=O) groups excluding carboxylic acids is 1. The molecule has 132 valence electrons. The lowest BCUT2D eigenvalue weighted by molar-refractivity contribution is 0.0241. The van der Waals surface area contributed by atoms with E-state index in [2.05, 4.69) is 10.1 Å². The summed E-state index contributed by atoms with van der Waals surface area (Å²) in [6.07, 6.45) is 2.90. The number of hydrogen-bond donors (Lipinski definition) is 0. The van der Waals surface area contributed by atoms with E-state index < -0.39 is 0 Å². The maximum absolute atomic E-state index is 12.5. The highest BCUT2D eigenvalue weighted by molar-refractivity contribution is 8.01. The smallest absolute Gasteiger partial charge is 0.272 e. The van der Waals surface area contributed by atoms with Crippen LogP contribution in [0, 0.1) is 6.92 Å². The van der Waals surface area contributed by atoms with Crippen molar-refractivity contribution in [3.8, 4) is 0 Å². The Kier molecular flexibility index (Phi) is 4.29. The molecule has 7 heteroatoms. The van der Waals surface area contributed by atoms with Gasteiger partial charge in [-0.15, -0.1) is 11.8 Å². The number of amides is 1. The zero-order valence-electron chi connectivity index (χ0n) is 14.5. The van der Waals surface area contributed by atoms with E-state index in [4.69, 9.17) is 4.74 Å². The normalized spacial score (nSPS) is 21.5. The van der Waals surface area contributed by atoms with Gasteiger partial charge in [0.25, 0.3) is 5.91 Å². The summed E-state index contributed by atoms with van der Waals surface area (Å²) in [5, 5.41) is 4.08. The van der Waals surface area contributed by atoms with E-state index in [1.165, 1.54) is 0 Å². The molecule has 1 spiro atoms. The van der Waals surface area contributed by atoms with Crippen molar-refractivity contribution in [2.75, 3.05) is 18.8 Å². The summed E-state index contributed by atoms with van der Waals surface area (Å²) < 4.78 is 7.86. The molecule has 25 heavy (non-hydrogen) atoms. The van der Waals surface area contributed by atoms with E-state index >= 15 is 0 Å². The Bertz CT molecular complexity index is 785. The summed E-state index contributed by atoms with van der Waals surface area (Å²) in [5.74, 6) is 1.05. The summed E-state index contributed by atoms with van der Waals surface area (Å²) in [5.41, 5.74) is 2.64. The zero-order valence-corrected chi connectivity index (χ0v) is 15.3. The molecule has 4 heterocycles. The molecule has 2 aliphatic heterocycles. The lowest BCUT2D eigenvalue weighted by atomic mass is 9.92. The van der Waals surface area contributed by atoms with Crippen molar-refractivity contribution in [3.05, 3.63) is 47.5 Å². The van der Waals surface area contributed by atoms with Crippen LogP contribution in [0.2, 0.25) is 0 Å². The summed E-state index contributed by atoms with van der Waals surface area (Å²) in [7, 11) is 1.80. The molecule has 2 aliphatic rings. The number of pyridine rings is 1. The van der Waals surface area contributed by atoms with Gasteiger partial charge in [0, 0.05) is 37.8 Å². The van der Waals surface area contributed by atoms with Gasteiger partial charge >= 0.3 is 0 Å². The van der Waals surface area contributed by atoms with Gasteiger partial charge in [0.05, 0.1) is 23.2 Å². The number of aromatic nitrogens is 3. The predicted molar refractivity (Wildman–Crippen MR) is 96.5 cm³/mol. The van der Waals surface area contributed by atoms with Crippen molar-refractivity contribution in [2.24, 2.45) is 7.05 Å². The summed E-state index contributed by atoms with van der Waals surface area (Å²) in [6, 6.07) is 7.78. The predicted octanol–water partition coefficient (Wildman–Crippen LogP) is 2.04. The third-order valence-corrected chi connectivity index (χ3v) is 6.45. The minimum Gasteiger partial charge on any atom is -0.371 e. The second-order valence-electron chi connectivity index (χ2n) is 6.90. The number of thioether (sulfide) groups is 1. The van der Waals surface area contributed by atoms with E-state index in [0.29, 0.717) is 12.3 Å². The monoisotopic (exact) mass is 358 g/mol. The molecule has 0 bridgehead atoms. The standard InChI is InChI=1S/C18H22N4O2S/c1-13-4-3-5-14(20-13)9-24-15-8-18(25-10-15)11-22(12-18)17(23)16-6-7-19-21(16)2/h3-7,15H,8-12H2,1-2H3/t15-/m0/s1. The molecule has 0 saturated carbocycles. The Labute approximate surface area is 151 Å². The van der Waals surface area contributed by atoms with Crippen LogP contribution in [0.15, 0.2) is 30.5 Å². The van der Waals surface area contributed by atoms with Crippen LogP contribution in [0.1, 0.15) is 28.3 Å². The minimum atomic E-state index is 0.0690. The molecule has 6 nitrogen and oxygen atoms in total. The van der Waals surface area contributed by atoms with Crippen molar-refractivity contribution >= 4 is 17.7 Å². The van der Waals surface area contributed by atoms with Gasteiger partial charge in [-0.3, -0.25) is 14.5 Å². The highest BCUT2D eigenvalue weighted by Crippen LogP contribution is 2.46. The van der Waals surface area contributed by atoms with Gasteiger partial charge in [0.2, 0.25) is 0 Å². The van der Waals surface area contributed by atoms with Crippen molar-refractivity contribution in [1.29, 1.82) is 0 Å². The Morgan fingerprint density at radius 1 is 1.40 bits per heavy atom. The highest BCUT2D eigenvalue weighted by atomic mass is 32.2. The fourth-order valence-corrected chi connectivity index (χ4v) is 5.10. The van der Waals surface area contributed by atoms with Crippen LogP contribution in [0.25, 0.3) is 0 Å². The lowest BCUT2D eigenvalue weighted by Crippen LogP contribution is -2.61. The number of rotatable bonds is 4. The Balaban J connectivity index is 1.29. The lowest BCUT2D eigenvalue weighted by Gasteiger charge is -2.47. The maximum Gasteiger partial charge on any atom is 0.272 e. The molecule has 0 unspecified atom stereocenters. The topological polar surface area (TPSA) is 60.2 Å². The average Bonchev–Trinajstić information content (AvgIpc) is 3.17. The molecule has 4 rings (SSSR count). The zero-order chi connectivity index (χ0) is 17.4. The van der Waals surface area contributed by atoms with E-state index in [1.807, 2.05) is 41.8 Å². The van der Waals surface area contributed by atoms with Crippen LogP contribution in [-0.4, -0.2) is 55.3 Å². The fraction of sp³-hybridized carbons (Fsp3) is 0.500. The van der Waals surface area contributed by atoms with Crippen LogP contribution in [-0.2, 0) is 18.4 Å². The first-order valence-corrected chi connectivity index (χ1v) is 9.49. The summed E-state index contributed by atoms with van der Waals surface area (Å²) >= 11 is 1.94. The van der Waals surface area contributed by atoms with Crippen LogP contribution in [0.4, 0.5) is 0 Å². The molecule has 2 aromatic rings. The van der Waals surface area contributed by atoms with Gasteiger partial charge in [-0.25, -0.2) is 0 Å². The Hall–Kier alpha value is -1.86. The summed E-state index contributed by atoms with van der Waals surface area (Å²) in [6.45, 7) is 4.14. The van der Waals surface area contributed by atoms with E-state index in [9.17, 15) is 4.79 Å². The van der Waals surface area contributed by atoms with E-state index in [-0.39, 0.29) is 16.8 Å². The molecule has 1 atom stereocenters. The van der Waals surface area contributed by atoms with Crippen LogP contribution >= 0.6 is 11.8 Å². The number of hydrogen-bond acceptors (Lipinski definition) is 5. The van der Waals surface area contributed by atoms with Gasteiger partial charge < -0.3 is 9.64 Å². The van der Waals surface area contributed by atoms with Gasteiger partial charge in [-0.05, 0) is 31.5 Å². The first-order valence-electron chi connectivity index (χ1n) is 8.50. The average molecular weight is 358 g/mol. The molecule has 0 N–H and O–H groups in total. The Morgan fingerprint density at radius 2 is 2.24 bits per heavy atom. The molecule has 0 aliphatic carbocycles. The van der Waals surface area contributed by atoms with Gasteiger partial charge in [-0.2, -0.15) is 5.10 Å². The maximum atomic E-state index is 12.5. The first kappa shape index (κ1) is 16.6. The molecule has 1 amide bonds. The largest absolute Gasteiger partial charge is 0.371 e. The molecule has 2 aromatic heterocycles. The number of carbonyl (C=O) groups is 1.